The Morgan fingerprint density at radius 1 is 1.00 bits per heavy atom. The van der Waals surface area contributed by atoms with Crippen molar-refractivity contribution in [2.75, 3.05) is 62.7 Å². The van der Waals surface area contributed by atoms with E-state index in [0.717, 1.165) is 55.3 Å². The van der Waals surface area contributed by atoms with Gasteiger partial charge in [-0.05, 0) is 56.0 Å². The SMILES string of the molecule is COc1nc(N2CCN(C(=O)c3ccc(N4CCC(C)CC4)cc3)CC2)nc2c1CCNC2. The van der Waals surface area contributed by atoms with Crippen LogP contribution in [0.2, 0.25) is 0 Å². The molecule has 1 N–H and O–H groups in total. The van der Waals surface area contributed by atoms with Crippen molar-refractivity contribution in [3.63, 3.8) is 0 Å². The number of methoxy groups -OCH3 is 1. The molecule has 5 rings (SSSR count). The fourth-order valence-electron chi connectivity index (χ4n) is 5.00. The molecule has 3 aliphatic heterocycles. The minimum absolute atomic E-state index is 0.0987. The largest absolute Gasteiger partial charge is 0.481 e. The summed E-state index contributed by atoms with van der Waals surface area (Å²) in [6, 6.07) is 8.15. The summed E-state index contributed by atoms with van der Waals surface area (Å²) in [4.78, 5) is 29.1. The van der Waals surface area contributed by atoms with Crippen LogP contribution in [0.4, 0.5) is 11.6 Å². The highest BCUT2D eigenvalue weighted by Crippen LogP contribution is 2.26. The van der Waals surface area contributed by atoms with Crippen molar-refractivity contribution < 1.29 is 9.53 Å². The van der Waals surface area contributed by atoms with Gasteiger partial charge in [0, 0.05) is 62.6 Å². The van der Waals surface area contributed by atoms with Crippen molar-refractivity contribution in [3.8, 4) is 5.88 Å². The number of carbonyl (C=O) groups is 1. The highest BCUT2D eigenvalue weighted by molar-refractivity contribution is 5.94. The topological polar surface area (TPSA) is 73.8 Å². The molecule has 3 aliphatic rings. The summed E-state index contributed by atoms with van der Waals surface area (Å²) < 4.78 is 5.55. The fourth-order valence-corrected chi connectivity index (χ4v) is 5.00. The molecule has 0 atom stereocenters. The van der Waals surface area contributed by atoms with Crippen LogP contribution < -0.4 is 19.9 Å². The first kappa shape index (κ1) is 21.9. The number of rotatable bonds is 4. The molecule has 1 aromatic carbocycles. The number of piperazine rings is 1. The van der Waals surface area contributed by atoms with Crippen molar-refractivity contribution in [1.29, 1.82) is 0 Å². The van der Waals surface area contributed by atoms with Gasteiger partial charge in [0.1, 0.15) is 0 Å². The van der Waals surface area contributed by atoms with E-state index in [1.165, 1.54) is 18.5 Å². The Morgan fingerprint density at radius 2 is 1.73 bits per heavy atom. The first-order valence-corrected chi connectivity index (χ1v) is 12.2. The molecule has 0 bridgehead atoms. The van der Waals surface area contributed by atoms with E-state index in [2.05, 4.69) is 39.2 Å². The third kappa shape index (κ3) is 4.62. The van der Waals surface area contributed by atoms with Gasteiger partial charge >= 0.3 is 0 Å². The molecule has 0 spiro atoms. The Hall–Kier alpha value is -2.87. The van der Waals surface area contributed by atoms with Gasteiger partial charge in [-0.15, -0.1) is 0 Å². The molecule has 1 amide bonds. The molecule has 33 heavy (non-hydrogen) atoms. The molecule has 1 aromatic heterocycles. The van der Waals surface area contributed by atoms with Crippen LogP contribution in [-0.4, -0.2) is 73.7 Å². The van der Waals surface area contributed by atoms with Crippen LogP contribution >= 0.6 is 0 Å². The second-order valence-electron chi connectivity index (χ2n) is 9.38. The van der Waals surface area contributed by atoms with Crippen LogP contribution in [0.25, 0.3) is 0 Å². The Bertz CT molecular complexity index is 962. The molecule has 0 aliphatic carbocycles. The third-order valence-electron chi connectivity index (χ3n) is 7.19. The van der Waals surface area contributed by atoms with Gasteiger partial charge in [-0.1, -0.05) is 6.92 Å². The average molecular weight is 451 g/mol. The lowest BCUT2D eigenvalue weighted by molar-refractivity contribution is 0.0746. The van der Waals surface area contributed by atoms with E-state index in [9.17, 15) is 4.79 Å². The van der Waals surface area contributed by atoms with Gasteiger partial charge in [-0.2, -0.15) is 4.98 Å². The predicted molar refractivity (Wildman–Crippen MR) is 129 cm³/mol. The summed E-state index contributed by atoms with van der Waals surface area (Å²) in [7, 11) is 1.67. The molecule has 176 valence electrons. The maximum absolute atomic E-state index is 13.1. The van der Waals surface area contributed by atoms with Gasteiger partial charge in [0.15, 0.2) is 0 Å². The van der Waals surface area contributed by atoms with Crippen LogP contribution in [-0.2, 0) is 13.0 Å². The van der Waals surface area contributed by atoms with E-state index >= 15 is 0 Å². The quantitative estimate of drug-likeness (QED) is 0.766. The molecule has 0 saturated carbocycles. The maximum atomic E-state index is 13.1. The van der Waals surface area contributed by atoms with Crippen molar-refractivity contribution in [2.24, 2.45) is 5.92 Å². The number of aromatic nitrogens is 2. The number of hydrogen-bond acceptors (Lipinski definition) is 7. The van der Waals surface area contributed by atoms with Crippen LogP contribution in [0, 0.1) is 5.92 Å². The molecule has 0 unspecified atom stereocenters. The molecule has 2 aromatic rings. The van der Waals surface area contributed by atoms with Crippen molar-refractivity contribution in [3.05, 3.63) is 41.1 Å². The van der Waals surface area contributed by atoms with E-state index in [-0.39, 0.29) is 5.91 Å². The van der Waals surface area contributed by atoms with E-state index in [1.54, 1.807) is 7.11 Å². The van der Waals surface area contributed by atoms with Crippen molar-refractivity contribution in [1.82, 2.24) is 20.2 Å². The third-order valence-corrected chi connectivity index (χ3v) is 7.19. The normalized spacial score (nSPS) is 19.4. The lowest BCUT2D eigenvalue weighted by Gasteiger charge is -2.35. The number of fused-ring (bicyclic) bond motifs is 1. The second kappa shape index (κ2) is 9.55. The number of ether oxygens (including phenoxy) is 1. The van der Waals surface area contributed by atoms with Crippen LogP contribution in [0.3, 0.4) is 0 Å². The van der Waals surface area contributed by atoms with Gasteiger partial charge in [-0.3, -0.25) is 4.79 Å². The van der Waals surface area contributed by atoms with Crippen LogP contribution in [0.1, 0.15) is 41.4 Å². The zero-order valence-electron chi connectivity index (χ0n) is 19.7. The second-order valence-corrected chi connectivity index (χ2v) is 9.38. The van der Waals surface area contributed by atoms with E-state index in [4.69, 9.17) is 9.72 Å². The predicted octanol–water partition coefficient (Wildman–Crippen LogP) is 2.33. The van der Waals surface area contributed by atoms with E-state index in [0.29, 0.717) is 38.0 Å². The summed E-state index contributed by atoms with van der Waals surface area (Å²) in [6.45, 7) is 8.93. The maximum Gasteiger partial charge on any atom is 0.253 e. The molecule has 8 heteroatoms. The standard InChI is InChI=1S/C25H34N6O2/c1-18-8-11-29(12-9-18)20-5-3-19(4-6-20)24(32)30-13-15-31(16-14-30)25-27-22-17-26-10-7-21(22)23(28-25)33-2/h3-6,18,26H,7-17H2,1-2H3. The molecule has 2 saturated heterocycles. The molecule has 0 radical (unpaired) electrons. The average Bonchev–Trinajstić information content (AvgIpc) is 2.88. The molecular weight excluding hydrogens is 416 g/mol. The summed E-state index contributed by atoms with van der Waals surface area (Å²) in [5, 5.41) is 3.37. The number of nitrogens with one attached hydrogen (secondary N) is 1. The number of carbonyl (C=O) groups excluding carboxylic acids is 1. The Morgan fingerprint density at radius 3 is 2.42 bits per heavy atom. The smallest absolute Gasteiger partial charge is 0.253 e. The van der Waals surface area contributed by atoms with Gasteiger partial charge in [0.05, 0.1) is 12.8 Å². The number of amides is 1. The highest BCUT2D eigenvalue weighted by atomic mass is 16.5. The number of anilines is 2. The van der Waals surface area contributed by atoms with E-state index < -0.39 is 0 Å². The van der Waals surface area contributed by atoms with Gasteiger partial charge < -0.3 is 24.8 Å². The summed E-state index contributed by atoms with van der Waals surface area (Å²) in [6.07, 6.45) is 3.36. The number of benzene rings is 1. The van der Waals surface area contributed by atoms with Crippen LogP contribution in [0.15, 0.2) is 24.3 Å². The lowest BCUT2D eigenvalue weighted by Crippen LogP contribution is -2.49. The molecule has 8 nitrogen and oxygen atoms in total. The highest BCUT2D eigenvalue weighted by Gasteiger charge is 2.26. The van der Waals surface area contributed by atoms with Crippen molar-refractivity contribution >= 4 is 17.5 Å². The monoisotopic (exact) mass is 450 g/mol. The Kier molecular flexibility index (Phi) is 6.35. The zero-order valence-corrected chi connectivity index (χ0v) is 19.7. The summed E-state index contributed by atoms with van der Waals surface area (Å²) in [5.41, 5.74) is 4.10. The fraction of sp³-hybridized carbons (Fsp3) is 0.560. The van der Waals surface area contributed by atoms with Crippen LogP contribution in [0.5, 0.6) is 5.88 Å². The number of piperidine rings is 1. The van der Waals surface area contributed by atoms with E-state index in [1.807, 2.05) is 17.0 Å². The molecule has 4 heterocycles. The first-order chi connectivity index (χ1) is 16.1. The Balaban J connectivity index is 1.21. The molecular formula is C25H34N6O2. The van der Waals surface area contributed by atoms with Gasteiger partial charge in [-0.25, -0.2) is 4.98 Å². The van der Waals surface area contributed by atoms with Gasteiger partial charge in [0.25, 0.3) is 5.91 Å². The summed E-state index contributed by atoms with van der Waals surface area (Å²) >= 11 is 0. The number of nitrogens with zero attached hydrogens (tertiary/aromatic N) is 5. The first-order valence-electron chi connectivity index (χ1n) is 12.2. The molecule has 2 fully saturated rings. The van der Waals surface area contributed by atoms with Crippen molar-refractivity contribution in [2.45, 2.75) is 32.7 Å². The lowest BCUT2D eigenvalue weighted by atomic mass is 9.98. The number of hydrogen-bond donors (Lipinski definition) is 1. The minimum atomic E-state index is 0.0987. The Labute approximate surface area is 195 Å². The summed E-state index contributed by atoms with van der Waals surface area (Å²) in [5.74, 6) is 2.28. The van der Waals surface area contributed by atoms with Gasteiger partial charge in [0.2, 0.25) is 11.8 Å². The minimum Gasteiger partial charge on any atom is -0.481 e. The zero-order chi connectivity index (χ0) is 22.8.